The van der Waals surface area contributed by atoms with E-state index in [1.54, 1.807) is 0 Å². The zero-order valence-corrected chi connectivity index (χ0v) is 13.9. The molecule has 0 aliphatic heterocycles. The second-order valence-corrected chi connectivity index (χ2v) is 6.18. The molecule has 1 fully saturated rings. The Balaban J connectivity index is 1.73. The summed E-state index contributed by atoms with van der Waals surface area (Å²) in [6.45, 7) is 0. The highest BCUT2D eigenvalue weighted by atomic mass is 35.5. The summed E-state index contributed by atoms with van der Waals surface area (Å²) in [7, 11) is 0. The summed E-state index contributed by atoms with van der Waals surface area (Å²) in [6, 6.07) is 11.8. The minimum Gasteiger partial charge on any atom is -0.446 e. The Morgan fingerprint density at radius 2 is 2.04 bits per heavy atom. The zero-order chi connectivity index (χ0) is 16.9. The monoisotopic (exact) mass is 346 g/mol. The normalized spacial score (nSPS) is 20.4. The van der Waals surface area contributed by atoms with Gasteiger partial charge in [-0.25, -0.2) is 14.8 Å². The maximum atomic E-state index is 10.9. The smallest absolute Gasteiger partial charge is 0.404 e. The van der Waals surface area contributed by atoms with E-state index in [-0.39, 0.29) is 17.4 Å². The number of nitrogens with one attached hydrogen (secondary N) is 1. The van der Waals surface area contributed by atoms with Crippen LogP contribution in [0.3, 0.4) is 0 Å². The van der Waals surface area contributed by atoms with Gasteiger partial charge >= 0.3 is 6.09 Å². The van der Waals surface area contributed by atoms with Crippen molar-refractivity contribution in [1.29, 1.82) is 0 Å². The van der Waals surface area contributed by atoms with Crippen molar-refractivity contribution in [3.8, 4) is 11.3 Å². The topological polar surface area (TPSA) is 90.1 Å². The van der Waals surface area contributed by atoms with Crippen molar-refractivity contribution in [2.45, 2.75) is 37.8 Å². The van der Waals surface area contributed by atoms with Gasteiger partial charge in [0.15, 0.2) is 0 Å². The summed E-state index contributed by atoms with van der Waals surface area (Å²) in [5.74, 6) is 0.665. The lowest BCUT2D eigenvalue weighted by Crippen LogP contribution is -2.34. The van der Waals surface area contributed by atoms with E-state index in [1.165, 1.54) is 0 Å². The van der Waals surface area contributed by atoms with Gasteiger partial charge < -0.3 is 15.8 Å². The molecule has 1 amide bonds. The highest BCUT2D eigenvalue weighted by molar-refractivity contribution is 6.28. The number of ether oxygens (including phenoxy) is 1. The highest BCUT2D eigenvalue weighted by Gasteiger charge is 2.24. The molecule has 1 aliphatic rings. The maximum absolute atomic E-state index is 10.9. The number of hydrogen-bond donors (Lipinski definition) is 2. The molecular formula is C17H19ClN4O2. The Hall–Kier alpha value is -2.34. The molecule has 0 spiro atoms. The van der Waals surface area contributed by atoms with E-state index in [1.807, 2.05) is 36.4 Å². The summed E-state index contributed by atoms with van der Waals surface area (Å²) < 4.78 is 5.12. The average Bonchev–Trinajstić information content (AvgIpc) is 2.55. The molecule has 6 nitrogen and oxygen atoms in total. The van der Waals surface area contributed by atoms with Crippen molar-refractivity contribution in [3.05, 3.63) is 41.7 Å². The second kappa shape index (κ2) is 7.49. The van der Waals surface area contributed by atoms with Gasteiger partial charge in [0, 0.05) is 24.1 Å². The van der Waals surface area contributed by atoms with Crippen molar-refractivity contribution in [1.82, 2.24) is 9.97 Å². The van der Waals surface area contributed by atoms with Gasteiger partial charge in [0.2, 0.25) is 5.28 Å². The van der Waals surface area contributed by atoms with E-state index < -0.39 is 6.09 Å². The predicted octanol–water partition coefficient (Wildman–Crippen LogP) is 3.62. The molecule has 1 heterocycles. The fourth-order valence-electron chi connectivity index (χ4n) is 3.01. The third-order valence-electron chi connectivity index (χ3n) is 4.03. The lowest BCUT2D eigenvalue weighted by Gasteiger charge is -2.29. The number of benzene rings is 1. The van der Waals surface area contributed by atoms with Crippen LogP contribution in [0, 0.1) is 0 Å². The largest absolute Gasteiger partial charge is 0.446 e. The van der Waals surface area contributed by atoms with E-state index in [2.05, 4.69) is 15.3 Å². The van der Waals surface area contributed by atoms with Crippen molar-refractivity contribution >= 4 is 23.5 Å². The standard InChI is InChI=1S/C17H19ClN4O2/c18-16-21-14(11-5-2-1-3-6-11)10-15(22-16)20-12-7-4-8-13(9-12)24-17(19)23/h1-3,5-6,10,12-13H,4,7-9H2,(H2,19,23)(H,20,21,22). The fraction of sp³-hybridized carbons (Fsp3) is 0.353. The first-order valence-corrected chi connectivity index (χ1v) is 8.30. The highest BCUT2D eigenvalue weighted by Crippen LogP contribution is 2.26. The van der Waals surface area contributed by atoms with Crippen molar-refractivity contribution in [2.24, 2.45) is 5.73 Å². The quantitative estimate of drug-likeness (QED) is 0.825. The number of rotatable bonds is 4. The zero-order valence-electron chi connectivity index (χ0n) is 13.1. The molecule has 1 aromatic heterocycles. The number of carbonyl (C=O) groups excluding carboxylic acids is 1. The average molecular weight is 347 g/mol. The molecular weight excluding hydrogens is 328 g/mol. The lowest BCUT2D eigenvalue weighted by molar-refractivity contribution is 0.0796. The van der Waals surface area contributed by atoms with Gasteiger partial charge in [0.1, 0.15) is 11.9 Å². The van der Waals surface area contributed by atoms with Gasteiger partial charge in [0.25, 0.3) is 0 Å². The first-order chi connectivity index (χ1) is 11.6. The molecule has 0 radical (unpaired) electrons. The van der Waals surface area contributed by atoms with E-state index in [9.17, 15) is 4.79 Å². The van der Waals surface area contributed by atoms with Crippen LogP contribution in [0.1, 0.15) is 25.7 Å². The number of amides is 1. The molecule has 1 aliphatic carbocycles. The van der Waals surface area contributed by atoms with E-state index in [4.69, 9.17) is 22.1 Å². The number of hydrogen-bond acceptors (Lipinski definition) is 5. The minimum atomic E-state index is -0.725. The summed E-state index contributed by atoms with van der Waals surface area (Å²) in [6.07, 6.45) is 2.59. The predicted molar refractivity (Wildman–Crippen MR) is 92.8 cm³/mol. The van der Waals surface area contributed by atoms with Crippen LogP contribution in [0.25, 0.3) is 11.3 Å². The molecule has 24 heavy (non-hydrogen) atoms. The van der Waals surface area contributed by atoms with Gasteiger partial charge in [-0.1, -0.05) is 30.3 Å². The van der Waals surface area contributed by atoms with Crippen LogP contribution < -0.4 is 11.1 Å². The van der Waals surface area contributed by atoms with Crippen LogP contribution in [-0.2, 0) is 4.74 Å². The van der Waals surface area contributed by atoms with Crippen molar-refractivity contribution in [3.63, 3.8) is 0 Å². The van der Waals surface area contributed by atoms with Gasteiger partial charge in [-0.05, 0) is 30.9 Å². The minimum absolute atomic E-state index is 0.151. The number of primary amides is 1. The molecule has 3 N–H and O–H groups in total. The lowest BCUT2D eigenvalue weighted by atomic mass is 9.93. The number of anilines is 1. The van der Waals surface area contributed by atoms with Crippen molar-refractivity contribution in [2.75, 3.05) is 5.32 Å². The maximum Gasteiger partial charge on any atom is 0.404 e. The summed E-state index contributed by atoms with van der Waals surface area (Å²) >= 11 is 6.07. The third-order valence-corrected chi connectivity index (χ3v) is 4.20. The van der Waals surface area contributed by atoms with E-state index in [0.29, 0.717) is 12.2 Å². The number of nitrogens with two attached hydrogens (primary N) is 1. The van der Waals surface area contributed by atoms with Crippen LogP contribution in [0.15, 0.2) is 36.4 Å². The first kappa shape index (κ1) is 16.5. The van der Waals surface area contributed by atoms with E-state index in [0.717, 1.165) is 30.5 Å². The SMILES string of the molecule is NC(=O)OC1CCCC(Nc2cc(-c3ccccc3)nc(Cl)n2)C1. The fourth-order valence-corrected chi connectivity index (χ4v) is 3.19. The number of halogens is 1. The van der Waals surface area contributed by atoms with Gasteiger partial charge in [0.05, 0.1) is 5.69 Å². The number of nitrogens with zero attached hydrogens (tertiary/aromatic N) is 2. The van der Waals surface area contributed by atoms with Crippen LogP contribution >= 0.6 is 11.6 Å². The molecule has 2 aromatic rings. The molecule has 0 bridgehead atoms. The Labute approximate surface area is 145 Å². The summed E-state index contributed by atoms with van der Waals surface area (Å²) in [5.41, 5.74) is 6.84. The number of aromatic nitrogens is 2. The van der Waals surface area contributed by atoms with Gasteiger partial charge in [-0.3, -0.25) is 0 Å². The molecule has 7 heteroatoms. The van der Waals surface area contributed by atoms with Crippen LogP contribution in [-0.4, -0.2) is 28.2 Å². The first-order valence-electron chi connectivity index (χ1n) is 7.93. The Morgan fingerprint density at radius 3 is 2.79 bits per heavy atom. The molecule has 1 aromatic carbocycles. The van der Waals surface area contributed by atoms with Crippen LogP contribution in [0.4, 0.5) is 10.6 Å². The van der Waals surface area contributed by atoms with Crippen LogP contribution in [0.5, 0.6) is 0 Å². The molecule has 126 valence electrons. The third kappa shape index (κ3) is 4.35. The summed E-state index contributed by atoms with van der Waals surface area (Å²) in [5, 5.41) is 3.56. The van der Waals surface area contributed by atoms with Gasteiger partial charge in [-0.2, -0.15) is 0 Å². The molecule has 2 atom stereocenters. The molecule has 1 saturated carbocycles. The Kier molecular flexibility index (Phi) is 5.15. The second-order valence-electron chi connectivity index (χ2n) is 5.84. The van der Waals surface area contributed by atoms with E-state index >= 15 is 0 Å². The van der Waals surface area contributed by atoms with Gasteiger partial charge in [-0.15, -0.1) is 0 Å². The van der Waals surface area contributed by atoms with Crippen molar-refractivity contribution < 1.29 is 9.53 Å². The number of carbonyl (C=O) groups is 1. The molecule has 3 rings (SSSR count). The van der Waals surface area contributed by atoms with Crippen LogP contribution in [0.2, 0.25) is 5.28 Å². The Bertz CT molecular complexity index is 711. The molecule has 2 unspecified atom stereocenters. The summed E-state index contributed by atoms with van der Waals surface area (Å²) in [4.78, 5) is 19.5. The molecule has 0 saturated heterocycles. The Morgan fingerprint density at radius 1 is 1.25 bits per heavy atom.